The molecule has 2 N–H and O–H groups in total. The Balaban J connectivity index is 1.13. The van der Waals surface area contributed by atoms with Crippen LogP contribution in [0.15, 0.2) is 61.3 Å². The largest absolute Gasteiger partial charge is 0.491 e. The van der Waals surface area contributed by atoms with E-state index in [2.05, 4.69) is 44.1 Å². The number of carbonyl (C=O) groups is 1. The normalized spacial score (nSPS) is 18.8. The summed E-state index contributed by atoms with van der Waals surface area (Å²) in [5, 5.41) is 4.53. The molecular weight excluding hydrogens is 466 g/mol. The summed E-state index contributed by atoms with van der Waals surface area (Å²) < 4.78 is 10.1. The summed E-state index contributed by atoms with van der Waals surface area (Å²) in [4.78, 5) is 24.7. The number of amides is 1. The van der Waals surface area contributed by atoms with Crippen LogP contribution in [0.1, 0.15) is 53.7 Å². The summed E-state index contributed by atoms with van der Waals surface area (Å²) in [6, 6.07) is 12.6. The molecule has 9 nitrogen and oxygen atoms in total. The van der Waals surface area contributed by atoms with Crippen LogP contribution in [0, 0.1) is 0 Å². The fraction of sp³-hybridized carbons (Fsp3) is 0.286. The SMILES string of the molecule is Nc1nc2ccc(C(=O)N(C3CC3)[C@@H]3COc4cc(-c5cnn(C6CC6)c5)ccc43)cc2n2cncc12. The van der Waals surface area contributed by atoms with Crippen molar-refractivity contribution in [2.24, 2.45) is 0 Å². The van der Waals surface area contributed by atoms with Gasteiger partial charge in [-0.25, -0.2) is 9.97 Å². The molecule has 9 heteroatoms. The third-order valence-electron chi connectivity index (χ3n) is 7.76. The molecule has 2 aromatic carbocycles. The highest BCUT2D eigenvalue weighted by molar-refractivity contribution is 5.98. The van der Waals surface area contributed by atoms with E-state index >= 15 is 0 Å². The number of aromatic nitrogens is 5. The van der Waals surface area contributed by atoms with E-state index in [9.17, 15) is 4.79 Å². The third-order valence-corrected chi connectivity index (χ3v) is 7.76. The number of fused-ring (bicyclic) bond motifs is 4. The molecule has 2 fully saturated rings. The number of hydrogen-bond acceptors (Lipinski definition) is 6. The fourth-order valence-corrected chi connectivity index (χ4v) is 5.50. The molecule has 0 bridgehead atoms. The first-order chi connectivity index (χ1) is 18.1. The lowest BCUT2D eigenvalue weighted by Crippen LogP contribution is -2.37. The third kappa shape index (κ3) is 3.30. The van der Waals surface area contributed by atoms with Crippen molar-refractivity contribution in [3.8, 4) is 16.9 Å². The zero-order valence-electron chi connectivity index (χ0n) is 20.1. The number of nitrogens with two attached hydrogens (primary N) is 1. The molecule has 5 aromatic rings. The Morgan fingerprint density at radius 3 is 2.76 bits per heavy atom. The minimum Gasteiger partial charge on any atom is -0.491 e. The number of nitrogen functional groups attached to an aromatic ring is 1. The van der Waals surface area contributed by atoms with Crippen molar-refractivity contribution < 1.29 is 9.53 Å². The van der Waals surface area contributed by atoms with Crippen LogP contribution in [0.25, 0.3) is 27.7 Å². The van der Waals surface area contributed by atoms with Gasteiger partial charge in [-0.1, -0.05) is 12.1 Å². The van der Waals surface area contributed by atoms with Gasteiger partial charge in [0.05, 0.1) is 41.8 Å². The van der Waals surface area contributed by atoms with Gasteiger partial charge >= 0.3 is 0 Å². The van der Waals surface area contributed by atoms with Crippen molar-refractivity contribution in [3.05, 3.63) is 72.4 Å². The molecule has 3 aromatic heterocycles. The van der Waals surface area contributed by atoms with Gasteiger partial charge in [-0.15, -0.1) is 0 Å². The maximum Gasteiger partial charge on any atom is 0.254 e. The van der Waals surface area contributed by atoms with Gasteiger partial charge in [0, 0.05) is 28.9 Å². The molecule has 0 spiro atoms. The monoisotopic (exact) mass is 491 g/mol. The standard InChI is InChI=1S/C28H25N7O2/c29-27-24-12-30-15-33(24)23-9-17(2-8-22(23)32-27)28(36)35(20-5-6-20)25-14-37-26-10-16(1-7-21(25)26)18-11-31-34(13-18)19-3-4-19/h1-2,7-13,15,19-20,25H,3-6,14H2,(H2,29,32)/t25-/m1/s1. The number of benzene rings is 2. The average molecular weight is 492 g/mol. The van der Waals surface area contributed by atoms with Crippen LogP contribution in [-0.2, 0) is 0 Å². The average Bonchev–Trinajstić information content (AvgIpc) is 3.78. The van der Waals surface area contributed by atoms with Crippen LogP contribution in [0.5, 0.6) is 5.75 Å². The molecule has 37 heavy (non-hydrogen) atoms. The number of imidazole rings is 1. The first kappa shape index (κ1) is 20.8. The van der Waals surface area contributed by atoms with E-state index in [-0.39, 0.29) is 18.0 Å². The summed E-state index contributed by atoms with van der Waals surface area (Å²) >= 11 is 0. The second-order valence-corrected chi connectivity index (χ2v) is 10.3. The molecule has 1 atom stereocenters. The minimum atomic E-state index is -0.119. The zero-order valence-corrected chi connectivity index (χ0v) is 20.1. The number of carbonyl (C=O) groups excluding carboxylic acids is 1. The van der Waals surface area contributed by atoms with Crippen LogP contribution >= 0.6 is 0 Å². The number of nitrogens with zero attached hydrogens (tertiary/aromatic N) is 6. The van der Waals surface area contributed by atoms with Crippen LogP contribution in [0.3, 0.4) is 0 Å². The lowest BCUT2D eigenvalue weighted by atomic mass is 10.0. The minimum absolute atomic E-state index is 0.00530. The molecule has 1 amide bonds. The molecule has 0 unspecified atom stereocenters. The van der Waals surface area contributed by atoms with Crippen molar-refractivity contribution in [1.82, 2.24) is 29.0 Å². The second kappa shape index (κ2) is 7.55. The first-order valence-corrected chi connectivity index (χ1v) is 12.8. The molecule has 1 aliphatic heterocycles. The Labute approximate surface area is 212 Å². The zero-order chi connectivity index (χ0) is 24.7. The van der Waals surface area contributed by atoms with Crippen molar-refractivity contribution in [1.29, 1.82) is 0 Å². The van der Waals surface area contributed by atoms with E-state index < -0.39 is 0 Å². The molecule has 0 radical (unpaired) electrons. The van der Waals surface area contributed by atoms with E-state index in [0.717, 1.165) is 51.8 Å². The van der Waals surface area contributed by atoms with Gasteiger partial charge in [-0.3, -0.25) is 13.9 Å². The highest BCUT2D eigenvalue weighted by Crippen LogP contribution is 2.44. The lowest BCUT2D eigenvalue weighted by molar-refractivity contribution is 0.0630. The summed E-state index contributed by atoms with van der Waals surface area (Å²) in [6.45, 7) is 0.458. The van der Waals surface area contributed by atoms with E-state index in [0.29, 0.717) is 24.0 Å². The molecule has 0 saturated heterocycles. The van der Waals surface area contributed by atoms with Gasteiger partial charge in [-0.2, -0.15) is 5.10 Å². The Hall–Kier alpha value is -4.40. The van der Waals surface area contributed by atoms with Crippen LogP contribution in [0.4, 0.5) is 5.82 Å². The number of rotatable bonds is 5. The van der Waals surface area contributed by atoms with Crippen molar-refractivity contribution >= 4 is 28.3 Å². The van der Waals surface area contributed by atoms with Crippen LogP contribution < -0.4 is 10.5 Å². The van der Waals surface area contributed by atoms with Crippen molar-refractivity contribution in [3.63, 3.8) is 0 Å². The fourth-order valence-electron chi connectivity index (χ4n) is 5.50. The van der Waals surface area contributed by atoms with Gasteiger partial charge in [0.15, 0.2) is 0 Å². The molecule has 2 aliphatic carbocycles. The summed E-state index contributed by atoms with van der Waals surface area (Å²) in [5.74, 6) is 1.27. The van der Waals surface area contributed by atoms with Gasteiger partial charge in [0.2, 0.25) is 0 Å². The van der Waals surface area contributed by atoms with E-state index in [1.54, 1.807) is 12.5 Å². The van der Waals surface area contributed by atoms with Gasteiger partial charge in [0.25, 0.3) is 5.91 Å². The number of ether oxygens (including phenoxy) is 1. The predicted octanol–water partition coefficient (Wildman–Crippen LogP) is 4.40. The Morgan fingerprint density at radius 1 is 1.03 bits per heavy atom. The topological polar surface area (TPSA) is 104 Å². The molecular formula is C28H25N7O2. The van der Waals surface area contributed by atoms with Gasteiger partial charge in [-0.05, 0) is 55.5 Å². The van der Waals surface area contributed by atoms with Crippen molar-refractivity contribution in [2.75, 3.05) is 12.3 Å². The molecule has 184 valence electrons. The number of hydrogen-bond donors (Lipinski definition) is 1. The first-order valence-electron chi connectivity index (χ1n) is 12.8. The maximum atomic E-state index is 14.0. The van der Waals surface area contributed by atoms with E-state index in [4.69, 9.17) is 10.5 Å². The Morgan fingerprint density at radius 2 is 1.92 bits per heavy atom. The maximum absolute atomic E-state index is 14.0. The molecule has 3 aliphatic rings. The second-order valence-electron chi connectivity index (χ2n) is 10.3. The van der Waals surface area contributed by atoms with E-state index in [1.807, 2.05) is 33.7 Å². The summed E-state index contributed by atoms with van der Waals surface area (Å²) in [5.41, 5.74) is 12.2. The van der Waals surface area contributed by atoms with Crippen molar-refractivity contribution in [2.45, 2.75) is 43.8 Å². The quantitative estimate of drug-likeness (QED) is 0.391. The number of anilines is 1. The highest BCUT2D eigenvalue weighted by atomic mass is 16.5. The van der Waals surface area contributed by atoms with E-state index in [1.165, 1.54) is 12.8 Å². The Kier molecular flexibility index (Phi) is 4.24. The predicted molar refractivity (Wildman–Crippen MR) is 138 cm³/mol. The lowest BCUT2D eigenvalue weighted by Gasteiger charge is -2.28. The summed E-state index contributed by atoms with van der Waals surface area (Å²) in [6.07, 6.45) is 11.9. The smallest absolute Gasteiger partial charge is 0.254 e. The molecule has 4 heterocycles. The Bertz CT molecular complexity index is 1710. The summed E-state index contributed by atoms with van der Waals surface area (Å²) in [7, 11) is 0. The van der Waals surface area contributed by atoms with Crippen LogP contribution in [-0.4, -0.2) is 47.6 Å². The molecule has 8 rings (SSSR count). The molecule has 2 saturated carbocycles. The van der Waals surface area contributed by atoms with Gasteiger partial charge in [0.1, 0.15) is 23.7 Å². The van der Waals surface area contributed by atoms with Gasteiger partial charge < -0.3 is 15.4 Å². The highest BCUT2D eigenvalue weighted by Gasteiger charge is 2.42. The van der Waals surface area contributed by atoms with Crippen LogP contribution in [0.2, 0.25) is 0 Å².